The molecular formula is C13H8BrF4NO. The summed E-state index contributed by atoms with van der Waals surface area (Å²) in [4.78, 5) is 0. The van der Waals surface area contributed by atoms with Crippen LogP contribution in [0.25, 0.3) is 0 Å². The van der Waals surface area contributed by atoms with Crippen LogP contribution in [0.2, 0.25) is 0 Å². The van der Waals surface area contributed by atoms with E-state index in [0.717, 1.165) is 24.3 Å². The summed E-state index contributed by atoms with van der Waals surface area (Å²) in [5, 5.41) is 0. The first kappa shape index (κ1) is 14.6. The predicted octanol–water partition coefficient (Wildman–Crippen LogP) is 4.98. The maximum atomic E-state index is 13.1. The molecule has 0 heterocycles. The van der Waals surface area contributed by atoms with Gasteiger partial charge in [0.2, 0.25) is 0 Å². The smallest absolute Gasteiger partial charge is 0.419 e. The molecule has 0 aliphatic carbocycles. The van der Waals surface area contributed by atoms with Crippen molar-refractivity contribution in [2.75, 3.05) is 5.73 Å². The highest BCUT2D eigenvalue weighted by molar-refractivity contribution is 9.10. The molecule has 0 spiro atoms. The highest BCUT2D eigenvalue weighted by atomic mass is 79.9. The van der Waals surface area contributed by atoms with Crippen molar-refractivity contribution in [3.63, 3.8) is 0 Å². The molecule has 0 atom stereocenters. The Bertz CT molecular complexity index is 643. The Kier molecular flexibility index (Phi) is 3.89. The van der Waals surface area contributed by atoms with Crippen molar-refractivity contribution in [1.82, 2.24) is 0 Å². The fourth-order valence-corrected chi connectivity index (χ4v) is 1.87. The minimum atomic E-state index is -4.59. The van der Waals surface area contributed by atoms with Crippen LogP contribution in [-0.4, -0.2) is 0 Å². The normalized spacial score (nSPS) is 11.4. The number of halogens is 5. The number of hydrogen-bond donors (Lipinski definition) is 1. The number of nitrogens with two attached hydrogens (primary N) is 1. The number of benzene rings is 2. The summed E-state index contributed by atoms with van der Waals surface area (Å²) in [6.45, 7) is 0. The van der Waals surface area contributed by atoms with E-state index in [1.807, 2.05) is 0 Å². The van der Waals surface area contributed by atoms with Gasteiger partial charge < -0.3 is 10.5 Å². The zero-order valence-corrected chi connectivity index (χ0v) is 11.4. The predicted molar refractivity (Wildman–Crippen MR) is 70.0 cm³/mol. The van der Waals surface area contributed by atoms with Gasteiger partial charge in [-0.15, -0.1) is 0 Å². The molecule has 0 amide bonds. The maximum absolute atomic E-state index is 13.1. The molecule has 0 aliphatic heterocycles. The molecule has 0 unspecified atom stereocenters. The van der Waals surface area contributed by atoms with Crippen LogP contribution < -0.4 is 10.5 Å². The van der Waals surface area contributed by atoms with Crippen LogP contribution in [0, 0.1) is 5.82 Å². The van der Waals surface area contributed by atoms with Crippen molar-refractivity contribution in [3.8, 4) is 11.5 Å². The fourth-order valence-electron chi connectivity index (χ4n) is 1.53. The van der Waals surface area contributed by atoms with E-state index in [0.29, 0.717) is 4.47 Å². The molecule has 2 aromatic carbocycles. The number of hydrogen-bond acceptors (Lipinski definition) is 2. The van der Waals surface area contributed by atoms with Crippen LogP contribution in [0.3, 0.4) is 0 Å². The topological polar surface area (TPSA) is 35.2 Å². The first-order valence-corrected chi connectivity index (χ1v) is 6.16. The average molecular weight is 350 g/mol. The zero-order chi connectivity index (χ0) is 14.9. The molecule has 106 valence electrons. The van der Waals surface area contributed by atoms with E-state index in [1.54, 1.807) is 0 Å². The first-order valence-electron chi connectivity index (χ1n) is 5.37. The summed E-state index contributed by atoms with van der Waals surface area (Å²) < 4.78 is 57.2. The largest absolute Gasteiger partial charge is 0.454 e. The van der Waals surface area contributed by atoms with Crippen LogP contribution >= 0.6 is 15.9 Å². The molecule has 2 N–H and O–H groups in total. The van der Waals surface area contributed by atoms with Gasteiger partial charge in [-0.2, -0.15) is 13.2 Å². The van der Waals surface area contributed by atoms with Gasteiger partial charge in [0.1, 0.15) is 11.6 Å². The maximum Gasteiger partial charge on any atom is 0.419 e. The molecule has 2 nitrogen and oxygen atoms in total. The van der Waals surface area contributed by atoms with Gasteiger partial charge in [-0.1, -0.05) is 15.9 Å². The Morgan fingerprint density at radius 2 is 1.70 bits per heavy atom. The second-order valence-electron chi connectivity index (χ2n) is 3.92. The monoisotopic (exact) mass is 349 g/mol. The summed E-state index contributed by atoms with van der Waals surface area (Å²) >= 11 is 3.06. The van der Waals surface area contributed by atoms with Gasteiger partial charge in [-0.3, -0.25) is 0 Å². The molecule has 2 aromatic rings. The Morgan fingerprint density at radius 1 is 1.00 bits per heavy atom. The van der Waals surface area contributed by atoms with Crippen molar-refractivity contribution in [3.05, 3.63) is 52.3 Å². The Labute approximate surface area is 120 Å². The Morgan fingerprint density at radius 3 is 2.35 bits per heavy atom. The van der Waals surface area contributed by atoms with E-state index in [4.69, 9.17) is 10.5 Å². The van der Waals surface area contributed by atoms with Crippen molar-refractivity contribution in [1.29, 1.82) is 0 Å². The van der Waals surface area contributed by atoms with Gasteiger partial charge in [0.05, 0.1) is 11.3 Å². The zero-order valence-electron chi connectivity index (χ0n) is 9.84. The van der Waals surface area contributed by atoms with Crippen molar-refractivity contribution >= 4 is 21.6 Å². The highest BCUT2D eigenvalue weighted by Gasteiger charge is 2.34. The van der Waals surface area contributed by atoms with Crippen LogP contribution in [0.15, 0.2) is 40.9 Å². The minimum absolute atomic E-state index is 0.0412. The van der Waals surface area contributed by atoms with Gasteiger partial charge in [-0.25, -0.2) is 4.39 Å². The molecule has 20 heavy (non-hydrogen) atoms. The third-order valence-electron chi connectivity index (χ3n) is 2.44. The van der Waals surface area contributed by atoms with E-state index >= 15 is 0 Å². The first-order chi connectivity index (χ1) is 9.27. The molecule has 0 bridgehead atoms. The van der Waals surface area contributed by atoms with Crippen LogP contribution in [-0.2, 0) is 6.18 Å². The second kappa shape index (κ2) is 5.32. The van der Waals surface area contributed by atoms with Gasteiger partial charge in [0.25, 0.3) is 0 Å². The second-order valence-corrected chi connectivity index (χ2v) is 4.84. The minimum Gasteiger partial charge on any atom is -0.454 e. The third-order valence-corrected chi connectivity index (χ3v) is 2.94. The van der Waals surface area contributed by atoms with Crippen molar-refractivity contribution in [2.45, 2.75) is 6.18 Å². The summed E-state index contributed by atoms with van der Waals surface area (Å²) in [5.74, 6) is -1.28. The van der Waals surface area contributed by atoms with Gasteiger partial charge >= 0.3 is 6.18 Å². The Balaban J connectivity index is 2.47. The fraction of sp³-hybridized carbons (Fsp3) is 0.0769. The van der Waals surface area contributed by atoms with E-state index in [1.165, 1.54) is 12.1 Å². The molecule has 2 rings (SSSR count). The van der Waals surface area contributed by atoms with Crippen molar-refractivity contribution < 1.29 is 22.3 Å². The number of nitrogen functional groups attached to an aromatic ring is 1. The average Bonchev–Trinajstić information content (AvgIpc) is 2.32. The molecule has 0 fully saturated rings. The number of alkyl halides is 3. The molecule has 0 saturated heterocycles. The summed E-state index contributed by atoms with van der Waals surface area (Å²) in [6, 6.07) is 6.49. The molecule has 0 aromatic heterocycles. The standard InChI is InChI=1S/C13H8BrF4NO/c14-7-1-3-9(13(16,17)18)11(5-7)20-12-6-8(15)2-4-10(12)19/h1-6H,19H2. The van der Waals surface area contributed by atoms with Crippen LogP contribution in [0.4, 0.5) is 23.2 Å². The molecule has 0 aliphatic rings. The van der Waals surface area contributed by atoms with Crippen LogP contribution in [0.1, 0.15) is 5.56 Å². The lowest BCUT2D eigenvalue weighted by Gasteiger charge is -2.15. The number of ether oxygens (including phenoxy) is 1. The van der Waals surface area contributed by atoms with Crippen molar-refractivity contribution in [2.24, 2.45) is 0 Å². The summed E-state index contributed by atoms with van der Waals surface area (Å²) in [7, 11) is 0. The van der Waals surface area contributed by atoms with Crippen LogP contribution in [0.5, 0.6) is 11.5 Å². The SMILES string of the molecule is Nc1ccc(F)cc1Oc1cc(Br)ccc1C(F)(F)F. The number of rotatable bonds is 2. The summed E-state index contributed by atoms with van der Waals surface area (Å²) in [6.07, 6.45) is -4.59. The molecule has 0 radical (unpaired) electrons. The number of anilines is 1. The van der Waals surface area contributed by atoms with Gasteiger partial charge in [0.15, 0.2) is 5.75 Å². The van der Waals surface area contributed by atoms with E-state index < -0.39 is 23.3 Å². The lowest BCUT2D eigenvalue weighted by Crippen LogP contribution is -2.07. The van der Waals surface area contributed by atoms with Gasteiger partial charge in [0, 0.05) is 10.5 Å². The van der Waals surface area contributed by atoms with E-state index in [9.17, 15) is 17.6 Å². The Hall–Kier alpha value is -1.76. The molecular weight excluding hydrogens is 342 g/mol. The lowest BCUT2D eigenvalue weighted by molar-refractivity contribution is -0.138. The van der Waals surface area contributed by atoms with Gasteiger partial charge in [-0.05, 0) is 30.3 Å². The quantitative estimate of drug-likeness (QED) is 0.612. The molecule has 0 saturated carbocycles. The van der Waals surface area contributed by atoms with E-state index in [-0.39, 0.29) is 11.4 Å². The third kappa shape index (κ3) is 3.22. The molecule has 7 heteroatoms. The summed E-state index contributed by atoms with van der Waals surface area (Å²) in [5.41, 5.74) is 4.62. The van der Waals surface area contributed by atoms with E-state index in [2.05, 4.69) is 15.9 Å². The lowest BCUT2D eigenvalue weighted by atomic mass is 10.2. The highest BCUT2D eigenvalue weighted by Crippen LogP contribution is 2.40.